The number of hydrogen-bond donors (Lipinski definition) is 0. The van der Waals surface area contributed by atoms with E-state index in [0.29, 0.717) is 3.57 Å². The molecule has 0 fully saturated rings. The van der Waals surface area contributed by atoms with Gasteiger partial charge in [-0.3, -0.25) is 10.1 Å². The number of nitrogens with zero attached hydrogens (tertiary/aromatic N) is 2. The predicted octanol–water partition coefficient (Wildman–Crippen LogP) is 4.28. The molecule has 0 N–H and O–H groups in total. The van der Waals surface area contributed by atoms with Gasteiger partial charge in [-0.15, -0.1) is 0 Å². The highest BCUT2D eigenvalue weighted by molar-refractivity contribution is 14.1. The van der Waals surface area contributed by atoms with Gasteiger partial charge in [-0.25, -0.2) is 0 Å². The van der Waals surface area contributed by atoms with E-state index in [1.165, 1.54) is 11.3 Å². The molecule has 0 aromatic heterocycles. The number of rotatable bonds is 2. The van der Waals surface area contributed by atoms with Gasteiger partial charge in [0.1, 0.15) is 0 Å². The molecule has 1 aliphatic rings. The van der Waals surface area contributed by atoms with Crippen molar-refractivity contribution in [2.75, 3.05) is 11.4 Å². The van der Waals surface area contributed by atoms with Crippen molar-refractivity contribution in [1.82, 2.24) is 0 Å². The largest absolute Gasteiger partial charge is 0.341 e. The van der Waals surface area contributed by atoms with Crippen LogP contribution in [0.4, 0.5) is 17.1 Å². The first-order valence-electron chi connectivity index (χ1n) is 6.46. The fraction of sp³-hybridized carbons (Fsp3) is 0.200. The van der Waals surface area contributed by atoms with E-state index >= 15 is 0 Å². The summed E-state index contributed by atoms with van der Waals surface area (Å²) in [6, 6.07) is 13.7. The van der Waals surface area contributed by atoms with Crippen LogP contribution in [0.1, 0.15) is 12.0 Å². The van der Waals surface area contributed by atoms with Crippen molar-refractivity contribution in [3.8, 4) is 0 Å². The van der Waals surface area contributed by atoms with E-state index in [2.05, 4.69) is 23.1 Å². The topological polar surface area (TPSA) is 46.4 Å². The molecule has 0 saturated heterocycles. The van der Waals surface area contributed by atoms with Gasteiger partial charge in [-0.2, -0.15) is 0 Å². The first kappa shape index (κ1) is 13.4. The summed E-state index contributed by atoms with van der Waals surface area (Å²) in [4.78, 5) is 12.8. The normalized spacial score (nSPS) is 13.9. The number of para-hydroxylation sites is 1. The van der Waals surface area contributed by atoms with Gasteiger partial charge in [0.2, 0.25) is 0 Å². The number of aryl methyl sites for hydroxylation is 1. The molecule has 102 valence electrons. The van der Waals surface area contributed by atoms with Crippen LogP contribution >= 0.6 is 22.6 Å². The molecule has 1 heterocycles. The lowest BCUT2D eigenvalue weighted by Crippen LogP contribution is -2.24. The number of nitro benzene ring substituents is 1. The molecule has 2 aromatic carbocycles. The molecule has 0 unspecified atom stereocenters. The Balaban J connectivity index is 2.03. The molecule has 0 radical (unpaired) electrons. The molecule has 1 aliphatic heterocycles. The van der Waals surface area contributed by atoms with Crippen molar-refractivity contribution in [2.45, 2.75) is 12.8 Å². The van der Waals surface area contributed by atoms with Crippen molar-refractivity contribution < 1.29 is 4.92 Å². The first-order chi connectivity index (χ1) is 9.66. The van der Waals surface area contributed by atoms with Gasteiger partial charge in [0.25, 0.3) is 5.69 Å². The maximum Gasteiger partial charge on any atom is 0.282 e. The summed E-state index contributed by atoms with van der Waals surface area (Å²) in [6.07, 6.45) is 2.20. The van der Waals surface area contributed by atoms with Gasteiger partial charge in [0, 0.05) is 24.0 Å². The van der Waals surface area contributed by atoms with Crippen LogP contribution in [0.25, 0.3) is 0 Å². The third kappa shape index (κ3) is 2.37. The minimum atomic E-state index is -0.338. The minimum absolute atomic E-state index is 0.166. The van der Waals surface area contributed by atoms with Crippen LogP contribution in [0, 0.1) is 13.7 Å². The molecular weight excluding hydrogens is 367 g/mol. The zero-order valence-electron chi connectivity index (χ0n) is 10.8. The SMILES string of the molecule is O=[N+]([O-])c1ccc(N2CCCc3ccccc32)cc1I. The van der Waals surface area contributed by atoms with Crippen LogP contribution in [0.3, 0.4) is 0 Å². The maximum atomic E-state index is 10.9. The maximum absolute atomic E-state index is 10.9. The molecule has 3 rings (SSSR count). The average molecular weight is 380 g/mol. The Bertz CT molecular complexity index is 673. The van der Waals surface area contributed by atoms with E-state index in [4.69, 9.17) is 0 Å². The molecule has 0 saturated carbocycles. The van der Waals surface area contributed by atoms with E-state index in [-0.39, 0.29) is 10.6 Å². The van der Waals surface area contributed by atoms with Gasteiger partial charge in [-0.1, -0.05) is 18.2 Å². The van der Waals surface area contributed by atoms with E-state index in [1.54, 1.807) is 6.07 Å². The number of halogens is 1. The summed E-state index contributed by atoms with van der Waals surface area (Å²) in [5.41, 5.74) is 3.74. The highest BCUT2D eigenvalue weighted by Crippen LogP contribution is 2.35. The smallest absolute Gasteiger partial charge is 0.282 e. The second-order valence-electron chi connectivity index (χ2n) is 4.78. The fourth-order valence-corrected chi connectivity index (χ4v) is 3.31. The number of benzene rings is 2. The van der Waals surface area contributed by atoms with E-state index < -0.39 is 0 Å². The highest BCUT2D eigenvalue weighted by Gasteiger charge is 2.20. The Hall–Kier alpha value is -1.63. The predicted molar refractivity (Wildman–Crippen MR) is 87.6 cm³/mol. The monoisotopic (exact) mass is 380 g/mol. The van der Waals surface area contributed by atoms with Crippen molar-refractivity contribution in [2.24, 2.45) is 0 Å². The summed E-state index contributed by atoms with van der Waals surface area (Å²) in [7, 11) is 0. The van der Waals surface area contributed by atoms with Crippen LogP contribution in [0.15, 0.2) is 42.5 Å². The molecule has 0 aliphatic carbocycles. The number of nitro groups is 1. The Morgan fingerprint density at radius 1 is 1.20 bits per heavy atom. The third-order valence-electron chi connectivity index (χ3n) is 3.55. The zero-order chi connectivity index (χ0) is 14.1. The van der Waals surface area contributed by atoms with Crippen LogP contribution in [-0.2, 0) is 6.42 Å². The van der Waals surface area contributed by atoms with Gasteiger partial charge < -0.3 is 4.90 Å². The molecule has 4 nitrogen and oxygen atoms in total. The lowest BCUT2D eigenvalue weighted by atomic mass is 10.0. The Morgan fingerprint density at radius 3 is 2.75 bits per heavy atom. The Labute approximate surface area is 130 Å². The molecule has 0 spiro atoms. The van der Waals surface area contributed by atoms with E-state index in [0.717, 1.165) is 25.1 Å². The van der Waals surface area contributed by atoms with E-state index in [9.17, 15) is 10.1 Å². The fourth-order valence-electron chi connectivity index (χ4n) is 2.61. The number of anilines is 2. The Kier molecular flexibility index (Phi) is 3.60. The van der Waals surface area contributed by atoms with Crippen LogP contribution < -0.4 is 4.90 Å². The van der Waals surface area contributed by atoms with Crippen LogP contribution in [0.2, 0.25) is 0 Å². The lowest BCUT2D eigenvalue weighted by molar-refractivity contribution is -0.385. The van der Waals surface area contributed by atoms with Crippen molar-refractivity contribution in [3.05, 3.63) is 61.7 Å². The van der Waals surface area contributed by atoms with Crippen LogP contribution in [-0.4, -0.2) is 11.5 Å². The van der Waals surface area contributed by atoms with Crippen molar-refractivity contribution in [1.29, 1.82) is 0 Å². The molecule has 0 atom stereocenters. The highest BCUT2D eigenvalue weighted by atomic mass is 127. The quantitative estimate of drug-likeness (QED) is 0.444. The molecule has 0 amide bonds. The van der Waals surface area contributed by atoms with Crippen molar-refractivity contribution >= 4 is 39.7 Å². The Morgan fingerprint density at radius 2 is 2.00 bits per heavy atom. The third-order valence-corrected chi connectivity index (χ3v) is 4.41. The summed E-state index contributed by atoms with van der Waals surface area (Å²) >= 11 is 2.03. The summed E-state index contributed by atoms with van der Waals surface area (Å²) in [6.45, 7) is 0.949. The van der Waals surface area contributed by atoms with Gasteiger partial charge in [0.05, 0.1) is 8.49 Å². The van der Waals surface area contributed by atoms with Gasteiger partial charge >= 0.3 is 0 Å². The summed E-state index contributed by atoms with van der Waals surface area (Å²) < 4.78 is 0.674. The molecule has 0 bridgehead atoms. The number of fused-ring (bicyclic) bond motifs is 1. The molecule has 2 aromatic rings. The van der Waals surface area contributed by atoms with E-state index in [1.807, 2.05) is 40.8 Å². The van der Waals surface area contributed by atoms with Gasteiger partial charge in [0.15, 0.2) is 0 Å². The molecular formula is C15H13IN2O2. The zero-order valence-corrected chi connectivity index (χ0v) is 12.9. The first-order valence-corrected chi connectivity index (χ1v) is 7.54. The molecule has 20 heavy (non-hydrogen) atoms. The summed E-state index contributed by atoms with van der Waals surface area (Å²) in [5.74, 6) is 0. The average Bonchev–Trinajstić information content (AvgIpc) is 2.46. The lowest BCUT2D eigenvalue weighted by Gasteiger charge is -2.31. The second-order valence-corrected chi connectivity index (χ2v) is 5.94. The van der Waals surface area contributed by atoms with Gasteiger partial charge in [-0.05, 0) is 59.2 Å². The van der Waals surface area contributed by atoms with Crippen LogP contribution in [0.5, 0.6) is 0 Å². The van der Waals surface area contributed by atoms with Crippen molar-refractivity contribution in [3.63, 3.8) is 0 Å². The standard InChI is InChI=1S/C15H13IN2O2/c16-13-10-12(7-8-15(13)18(19)20)17-9-3-5-11-4-1-2-6-14(11)17/h1-2,4,6-8,10H,3,5,9H2. The second kappa shape index (κ2) is 5.40. The summed E-state index contributed by atoms with van der Waals surface area (Å²) in [5, 5.41) is 10.9. The molecule has 5 heteroatoms. The minimum Gasteiger partial charge on any atom is -0.341 e. The number of hydrogen-bond acceptors (Lipinski definition) is 3.